The lowest BCUT2D eigenvalue weighted by atomic mass is 9.36. The van der Waals surface area contributed by atoms with Gasteiger partial charge in [-0.3, -0.25) is 24.4 Å². The van der Waals surface area contributed by atoms with Gasteiger partial charge in [0.1, 0.15) is 17.3 Å². The highest BCUT2D eigenvalue weighted by Gasteiger charge is 2.85. The van der Waals surface area contributed by atoms with E-state index in [-0.39, 0.29) is 30.7 Å². The van der Waals surface area contributed by atoms with E-state index in [2.05, 4.69) is 0 Å². The molecule has 6 rings (SSSR count). The zero-order valence-corrected chi connectivity index (χ0v) is 25.3. The molecule has 1 aromatic carbocycles. The lowest BCUT2D eigenvalue weighted by Gasteiger charge is -2.61. The van der Waals surface area contributed by atoms with E-state index in [1.807, 2.05) is 33.8 Å². The fourth-order valence-corrected chi connectivity index (χ4v) is 8.51. The second kappa shape index (κ2) is 9.24. The Morgan fingerprint density at radius 1 is 1.02 bits per heavy atom. The first-order valence-corrected chi connectivity index (χ1v) is 14.5. The molecule has 1 saturated heterocycles. The molecule has 8 nitrogen and oxygen atoms in total. The molecular formula is C33H42O8. The molecule has 1 aromatic rings. The summed E-state index contributed by atoms with van der Waals surface area (Å²) in [7, 11) is 0. The number of ketones is 4. The zero-order chi connectivity index (χ0) is 30.4. The van der Waals surface area contributed by atoms with Gasteiger partial charge >= 0.3 is 0 Å². The summed E-state index contributed by atoms with van der Waals surface area (Å²) in [5.74, 6) is -3.28. The summed E-state index contributed by atoms with van der Waals surface area (Å²) in [5.41, 5.74) is -7.86. The Labute approximate surface area is 241 Å². The Morgan fingerprint density at radius 3 is 2.24 bits per heavy atom. The van der Waals surface area contributed by atoms with Crippen molar-refractivity contribution in [2.45, 2.75) is 98.4 Å². The number of rotatable bonds is 6. The normalized spacial score (nSPS) is 37.3. The van der Waals surface area contributed by atoms with Gasteiger partial charge in [-0.15, -0.1) is 0 Å². The number of hydrogen-bond acceptors (Lipinski definition) is 8. The first-order chi connectivity index (χ1) is 19.0. The summed E-state index contributed by atoms with van der Waals surface area (Å²) in [5, 5.41) is 9.82. The molecule has 0 radical (unpaired) electrons. The number of carbonyl (C=O) groups excluding carboxylic acids is 4. The smallest absolute Gasteiger partial charge is 0.184 e. The predicted molar refractivity (Wildman–Crippen MR) is 150 cm³/mol. The van der Waals surface area contributed by atoms with Crippen LogP contribution in [0.15, 0.2) is 42.0 Å². The summed E-state index contributed by atoms with van der Waals surface area (Å²) in [4.78, 5) is 77.3. The molecule has 1 aliphatic heterocycles. The van der Waals surface area contributed by atoms with E-state index >= 15 is 14.4 Å². The third-order valence-electron chi connectivity index (χ3n) is 11.0. The first kappa shape index (κ1) is 30.0. The van der Waals surface area contributed by atoms with E-state index in [9.17, 15) is 10.1 Å². The summed E-state index contributed by atoms with van der Waals surface area (Å²) < 4.78 is 0. The molecular weight excluding hydrogens is 524 g/mol. The van der Waals surface area contributed by atoms with Gasteiger partial charge in [-0.2, -0.15) is 0 Å². The lowest BCUT2D eigenvalue weighted by Crippen LogP contribution is -2.76. The van der Waals surface area contributed by atoms with Crippen LogP contribution in [0.1, 0.15) is 91.4 Å². The monoisotopic (exact) mass is 566 g/mol. The number of benzene rings is 1. The van der Waals surface area contributed by atoms with Crippen LogP contribution in [0.25, 0.3) is 0 Å². The second-order valence-corrected chi connectivity index (χ2v) is 14.6. The largest absolute Gasteiger partial charge is 0.297 e. The molecule has 0 aromatic heterocycles. The van der Waals surface area contributed by atoms with Gasteiger partial charge in [-0.1, -0.05) is 55.8 Å². The van der Waals surface area contributed by atoms with Gasteiger partial charge in [0.2, 0.25) is 0 Å². The minimum atomic E-state index is -2.09. The van der Waals surface area contributed by atoms with Crippen LogP contribution < -0.4 is 0 Å². The van der Waals surface area contributed by atoms with Gasteiger partial charge in [0.05, 0.1) is 10.8 Å². The topological polar surface area (TPSA) is 116 Å². The highest BCUT2D eigenvalue weighted by molar-refractivity contribution is 6.42. The van der Waals surface area contributed by atoms with E-state index in [0.29, 0.717) is 6.42 Å². The molecule has 0 unspecified atom stereocenters. The average Bonchev–Trinajstić information content (AvgIpc) is 3.12. The van der Waals surface area contributed by atoms with Crippen molar-refractivity contribution < 1.29 is 39.1 Å². The van der Waals surface area contributed by atoms with E-state index in [0.717, 1.165) is 5.57 Å². The van der Waals surface area contributed by atoms with Gasteiger partial charge < -0.3 is 0 Å². The van der Waals surface area contributed by atoms with Crippen molar-refractivity contribution in [3.63, 3.8) is 0 Å². The van der Waals surface area contributed by atoms with Crippen LogP contribution >= 0.6 is 0 Å². The van der Waals surface area contributed by atoms with Crippen LogP contribution in [0.3, 0.4) is 0 Å². The average molecular weight is 567 g/mol. The maximum Gasteiger partial charge on any atom is 0.184 e. The Balaban J connectivity index is 1.90. The van der Waals surface area contributed by atoms with Gasteiger partial charge in [0.15, 0.2) is 28.5 Å². The van der Waals surface area contributed by atoms with Crippen molar-refractivity contribution in [1.82, 2.24) is 0 Å². The summed E-state index contributed by atoms with van der Waals surface area (Å²) >= 11 is 0. The third-order valence-corrected chi connectivity index (χ3v) is 11.0. The number of Topliss-reactive ketones (excluding diaryl/α,β-unsaturated/α-hetero) is 4. The van der Waals surface area contributed by atoms with Gasteiger partial charge in [-0.05, 0) is 78.6 Å². The van der Waals surface area contributed by atoms with Crippen molar-refractivity contribution in [2.24, 2.45) is 33.5 Å². The summed E-state index contributed by atoms with van der Waals surface area (Å²) in [6, 6.07) is 8.45. The standard InChI is InChI=1S/C33H42O8/c1-19(2)14-15-31-17-21-16-22-29(5,6)41-39-23(30(7,8)40-38)18-32(22,25(31)35)27(37)33(26(31)36,28(21,3)4)24(34)20-12-10-9-11-13-20/h9-14,21-23,38H,15-18H2,1-8H3/t21-,22+,23-,31-,32+,33-/m0/s1. The molecule has 4 bridgehead atoms. The fourth-order valence-electron chi connectivity index (χ4n) is 8.51. The number of allylic oxidation sites excluding steroid dienone is 2. The predicted octanol–water partition coefficient (Wildman–Crippen LogP) is 5.74. The molecule has 41 heavy (non-hydrogen) atoms. The Hall–Kier alpha value is -2.52. The molecule has 1 N–H and O–H groups in total. The molecule has 8 heteroatoms. The highest BCUT2D eigenvalue weighted by atomic mass is 17.2. The van der Waals surface area contributed by atoms with E-state index < -0.39 is 68.0 Å². The van der Waals surface area contributed by atoms with Crippen LogP contribution in [-0.4, -0.2) is 45.7 Å². The fraction of sp³-hybridized carbons (Fsp3) is 0.636. The van der Waals surface area contributed by atoms with Crippen LogP contribution in [0.4, 0.5) is 0 Å². The molecule has 222 valence electrons. The quantitative estimate of drug-likeness (QED) is 0.152. The second-order valence-electron chi connectivity index (χ2n) is 14.6. The van der Waals surface area contributed by atoms with Crippen molar-refractivity contribution in [3.8, 4) is 0 Å². The molecule has 1 spiro atoms. The SMILES string of the molecule is CC(C)=CC[C@]12C[C@@H]3C[C@@H]4C(C)(C)OO[C@H](C(C)(C)OO)C[C@@]4(C1=O)C(=O)[C@](C(=O)c1ccccc1)(C2=O)C3(C)C. The van der Waals surface area contributed by atoms with Gasteiger partial charge in [0.25, 0.3) is 0 Å². The number of hydrogen-bond donors (Lipinski definition) is 1. The van der Waals surface area contributed by atoms with Crippen LogP contribution in [0.2, 0.25) is 0 Å². The molecule has 5 aliphatic rings. The summed E-state index contributed by atoms with van der Waals surface area (Å²) in [6.45, 7) is 14.2. The first-order valence-electron chi connectivity index (χ1n) is 14.5. The third kappa shape index (κ3) is 3.66. The molecule has 5 fully saturated rings. The minimum Gasteiger partial charge on any atom is -0.297 e. The van der Waals surface area contributed by atoms with Crippen molar-refractivity contribution in [3.05, 3.63) is 47.5 Å². The van der Waals surface area contributed by atoms with Crippen molar-refractivity contribution in [1.29, 1.82) is 0 Å². The minimum absolute atomic E-state index is 0.109. The zero-order valence-electron chi connectivity index (χ0n) is 25.3. The van der Waals surface area contributed by atoms with Crippen molar-refractivity contribution >= 4 is 23.1 Å². The molecule has 1 heterocycles. The number of carbonyl (C=O) groups is 4. The Bertz CT molecular complexity index is 1340. The Morgan fingerprint density at radius 2 is 1.66 bits per heavy atom. The van der Waals surface area contributed by atoms with E-state index in [4.69, 9.17) is 14.7 Å². The van der Waals surface area contributed by atoms with E-state index in [1.54, 1.807) is 58.0 Å². The van der Waals surface area contributed by atoms with Gasteiger partial charge in [0, 0.05) is 11.5 Å². The molecule has 6 atom stereocenters. The van der Waals surface area contributed by atoms with Crippen LogP contribution in [-0.2, 0) is 29.0 Å². The molecule has 4 aliphatic carbocycles. The lowest BCUT2D eigenvalue weighted by molar-refractivity contribution is -0.424. The summed E-state index contributed by atoms with van der Waals surface area (Å²) in [6.07, 6.45) is 1.38. The van der Waals surface area contributed by atoms with Gasteiger partial charge in [-0.25, -0.2) is 14.7 Å². The molecule has 4 saturated carbocycles. The highest BCUT2D eigenvalue weighted by Crippen LogP contribution is 2.73. The van der Waals surface area contributed by atoms with Crippen molar-refractivity contribution in [2.75, 3.05) is 0 Å². The van der Waals surface area contributed by atoms with E-state index in [1.165, 1.54) is 0 Å². The molecule has 0 amide bonds. The maximum absolute atomic E-state index is 15.5. The Kier molecular flexibility index (Phi) is 6.75. The van der Waals surface area contributed by atoms with Crippen LogP contribution in [0.5, 0.6) is 0 Å². The maximum atomic E-state index is 15.5. The van der Waals surface area contributed by atoms with Crippen LogP contribution in [0, 0.1) is 33.5 Å².